The maximum Gasteiger partial charge on any atom is 0.408 e. The van der Waals surface area contributed by atoms with Crippen LogP contribution < -0.4 is 0 Å². The predicted octanol–water partition coefficient (Wildman–Crippen LogP) is 2.98. The lowest BCUT2D eigenvalue weighted by atomic mass is 10.1. The third kappa shape index (κ3) is 4.82. The molecule has 0 aliphatic carbocycles. The van der Waals surface area contributed by atoms with Crippen LogP contribution in [0.15, 0.2) is 30.6 Å². The highest BCUT2D eigenvalue weighted by atomic mass is 19.4. The SMILES string of the molecule is O=C(c1cc2c(cn1)c(Cc1ncccc1F)nn2CC(F)(F)F)N1CCCOCC1. The van der Waals surface area contributed by atoms with E-state index in [0.29, 0.717) is 38.1 Å². The first-order valence-electron chi connectivity index (χ1n) is 9.70. The fraction of sp³-hybridized carbons (Fsp3) is 0.400. The van der Waals surface area contributed by atoms with Crippen LogP contribution in [0.2, 0.25) is 0 Å². The standard InChI is InChI=1S/C20H19F4N5O2/c21-14-3-1-4-25-16(14)9-15-13-11-26-17(19(30)28-5-2-7-31-8-6-28)10-18(13)29(27-15)12-20(22,23)24/h1,3-4,10-11H,2,5-9,12H2. The summed E-state index contributed by atoms with van der Waals surface area (Å²) in [6, 6.07) is 3.95. The summed E-state index contributed by atoms with van der Waals surface area (Å²) in [6.45, 7) is 0.445. The smallest absolute Gasteiger partial charge is 0.380 e. The third-order valence-electron chi connectivity index (χ3n) is 4.94. The number of alkyl halides is 3. The lowest BCUT2D eigenvalue weighted by Gasteiger charge is -2.19. The summed E-state index contributed by atoms with van der Waals surface area (Å²) in [5, 5.41) is 4.35. The Morgan fingerprint density at radius 3 is 2.77 bits per heavy atom. The molecule has 0 atom stereocenters. The van der Waals surface area contributed by atoms with Crippen molar-refractivity contribution in [2.45, 2.75) is 25.6 Å². The zero-order chi connectivity index (χ0) is 22.0. The van der Waals surface area contributed by atoms with Crippen molar-refractivity contribution in [2.24, 2.45) is 0 Å². The minimum Gasteiger partial charge on any atom is -0.380 e. The minimum atomic E-state index is -4.53. The van der Waals surface area contributed by atoms with Crippen LogP contribution in [0.1, 0.15) is 28.3 Å². The minimum absolute atomic E-state index is 0.0216. The van der Waals surface area contributed by atoms with Gasteiger partial charge in [-0.05, 0) is 24.6 Å². The molecule has 1 amide bonds. The van der Waals surface area contributed by atoms with Gasteiger partial charge in [0.15, 0.2) is 0 Å². The number of hydrogen-bond donors (Lipinski definition) is 0. The van der Waals surface area contributed by atoms with E-state index in [1.807, 2.05) is 0 Å². The number of pyridine rings is 2. The monoisotopic (exact) mass is 437 g/mol. The van der Waals surface area contributed by atoms with E-state index in [1.165, 1.54) is 30.6 Å². The van der Waals surface area contributed by atoms with Gasteiger partial charge in [-0.3, -0.25) is 19.4 Å². The molecule has 1 aliphatic rings. The molecular formula is C20H19F4N5O2. The van der Waals surface area contributed by atoms with Crippen molar-refractivity contribution >= 4 is 16.8 Å². The first-order chi connectivity index (χ1) is 14.8. The molecule has 1 aliphatic heterocycles. The number of ether oxygens (including phenoxy) is 1. The molecule has 1 saturated heterocycles. The molecule has 31 heavy (non-hydrogen) atoms. The van der Waals surface area contributed by atoms with E-state index >= 15 is 0 Å². The average Bonchev–Trinajstić information content (AvgIpc) is 2.90. The molecule has 0 N–H and O–H groups in total. The molecule has 0 spiro atoms. The highest BCUT2D eigenvalue weighted by Gasteiger charge is 2.30. The van der Waals surface area contributed by atoms with Gasteiger partial charge in [-0.25, -0.2) is 4.39 Å². The molecular weight excluding hydrogens is 418 g/mol. The molecule has 1 fully saturated rings. The summed E-state index contributed by atoms with van der Waals surface area (Å²) in [4.78, 5) is 22.5. The topological polar surface area (TPSA) is 73.1 Å². The molecule has 11 heteroatoms. The second-order valence-corrected chi connectivity index (χ2v) is 7.17. The van der Waals surface area contributed by atoms with Crippen LogP contribution in [0.5, 0.6) is 0 Å². The highest BCUT2D eigenvalue weighted by molar-refractivity contribution is 5.96. The summed E-state index contributed by atoms with van der Waals surface area (Å²) in [6.07, 6.45) is -1.26. The molecule has 0 radical (unpaired) electrons. The summed E-state index contributed by atoms with van der Waals surface area (Å²) < 4.78 is 59.5. The van der Waals surface area contributed by atoms with Gasteiger partial charge in [0.05, 0.1) is 23.5 Å². The Morgan fingerprint density at radius 2 is 2.00 bits per heavy atom. The van der Waals surface area contributed by atoms with Crippen molar-refractivity contribution < 1.29 is 27.1 Å². The van der Waals surface area contributed by atoms with Crippen LogP contribution in [0, 0.1) is 5.82 Å². The van der Waals surface area contributed by atoms with E-state index in [9.17, 15) is 22.4 Å². The average molecular weight is 437 g/mol. The van der Waals surface area contributed by atoms with Crippen LogP contribution in [-0.4, -0.2) is 63.0 Å². The van der Waals surface area contributed by atoms with Gasteiger partial charge < -0.3 is 9.64 Å². The first kappa shape index (κ1) is 21.2. The van der Waals surface area contributed by atoms with Gasteiger partial charge in [-0.1, -0.05) is 0 Å². The molecule has 0 unspecified atom stereocenters. The van der Waals surface area contributed by atoms with Crippen LogP contribution in [0.4, 0.5) is 17.6 Å². The first-order valence-corrected chi connectivity index (χ1v) is 9.70. The van der Waals surface area contributed by atoms with Crippen molar-refractivity contribution in [3.63, 3.8) is 0 Å². The fourth-order valence-electron chi connectivity index (χ4n) is 3.49. The van der Waals surface area contributed by atoms with E-state index < -0.39 is 18.5 Å². The van der Waals surface area contributed by atoms with Gasteiger partial charge in [0.2, 0.25) is 0 Å². The van der Waals surface area contributed by atoms with E-state index in [1.54, 1.807) is 4.90 Å². The van der Waals surface area contributed by atoms with Gasteiger partial charge in [-0.2, -0.15) is 18.3 Å². The largest absolute Gasteiger partial charge is 0.408 e. The lowest BCUT2D eigenvalue weighted by Crippen LogP contribution is -2.33. The molecule has 4 rings (SSSR count). The Balaban J connectivity index is 1.73. The van der Waals surface area contributed by atoms with Crippen molar-refractivity contribution in [3.8, 4) is 0 Å². The van der Waals surface area contributed by atoms with E-state index in [0.717, 1.165) is 4.68 Å². The van der Waals surface area contributed by atoms with E-state index in [2.05, 4.69) is 15.1 Å². The second kappa shape index (κ2) is 8.58. The molecule has 0 aromatic carbocycles. The number of carbonyl (C=O) groups is 1. The number of halogens is 4. The van der Waals surface area contributed by atoms with Crippen LogP contribution in [-0.2, 0) is 17.7 Å². The van der Waals surface area contributed by atoms with Crippen molar-refractivity contribution in [1.29, 1.82) is 0 Å². The Morgan fingerprint density at radius 1 is 1.16 bits per heavy atom. The molecule has 164 valence electrons. The number of fused-ring (bicyclic) bond motifs is 1. The number of amides is 1. The molecule has 0 bridgehead atoms. The number of carbonyl (C=O) groups excluding carboxylic acids is 1. The summed E-state index contributed by atoms with van der Waals surface area (Å²) >= 11 is 0. The Kier molecular flexibility index (Phi) is 5.86. The maximum atomic E-state index is 14.0. The van der Waals surface area contributed by atoms with Crippen LogP contribution in [0.3, 0.4) is 0 Å². The number of hydrogen-bond acceptors (Lipinski definition) is 5. The second-order valence-electron chi connectivity index (χ2n) is 7.17. The summed E-state index contributed by atoms with van der Waals surface area (Å²) in [7, 11) is 0. The lowest BCUT2D eigenvalue weighted by molar-refractivity contribution is -0.141. The van der Waals surface area contributed by atoms with E-state index in [-0.39, 0.29) is 34.9 Å². The number of nitrogens with zero attached hydrogens (tertiary/aromatic N) is 5. The summed E-state index contributed by atoms with van der Waals surface area (Å²) in [5.41, 5.74) is 0.388. The van der Waals surface area contributed by atoms with Crippen molar-refractivity contribution in [1.82, 2.24) is 24.6 Å². The maximum absolute atomic E-state index is 14.0. The predicted molar refractivity (Wildman–Crippen MR) is 102 cm³/mol. The summed E-state index contributed by atoms with van der Waals surface area (Å²) in [5.74, 6) is -0.964. The third-order valence-corrected chi connectivity index (χ3v) is 4.94. The quantitative estimate of drug-likeness (QED) is 0.587. The van der Waals surface area contributed by atoms with Gasteiger partial charge >= 0.3 is 6.18 Å². The molecule has 0 saturated carbocycles. The van der Waals surface area contributed by atoms with E-state index in [4.69, 9.17) is 4.74 Å². The zero-order valence-electron chi connectivity index (χ0n) is 16.4. The highest BCUT2D eigenvalue weighted by Crippen LogP contribution is 2.26. The van der Waals surface area contributed by atoms with Crippen molar-refractivity contribution in [3.05, 3.63) is 53.5 Å². The normalized spacial score (nSPS) is 15.3. The fourth-order valence-corrected chi connectivity index (χ4v) is 3.49. The van der Waals surface area contributed by atoms with Gasteiger partial charge in [0.25, 0.3) is 5.91 Å². The molecule has 3 aromatic rings. The van der Waals surface area contributed by atoms with Crippen LogP contribution >= 0.6 is 0 Å². The Bertz CT molecular complexity index is 1090. The molecule has 7 nitrogen and oxygen atoms in total. The molecule has 4 heterocycles. The van der Waals surface area contributed by atoms with Crippen molar-refractivity contribution in [2.75, 3.05) is 26.3 Å². The van der Waals surface area contributed by atoms with Gasteiger partial charge in [0, 0.05) is 43.9 Å². The van der Waals surface area contributed by atoms with Gasteiger partial charge in [0.1, 0.15) is 18.1 Å². The van der Waals surface area contributed by atoms with Crippen LogP contribution in [0.25, 0.3) is 10.9 Å². The molecule has 3 aromatic heterocycles. The Hall–Kier alpha value is -3.08. The van der Waals surface area contributed by atoms with Gasteiger partial charge in [-0.15, -0.1) is 0 Å². The zero-order valence-corrected chi connectivity index (χ0v) is 16.4. The number of aromatic nitrogens is 4. The Labute approximate surface area is 174 Å². The number of rotatable bonds is 4.